The molecule has 1 spiro atoms. The van der Waals surface area contributed by atoms with Crippen molar-refractivity contribution >= 4 is 5.78 Å². The highest BCUT2D eigenvalue weighted by Gasteiger charge is 2.42. The molecule has 2 aliphatic rings. The number of carbonyl (C=O) groups is 1. The number of rotatable bonds is 0. The van der Waals surface area contributed by atoms with E-state index in [0.29, 0.717) is 5.78 Å². The topological polar surface area (TPSA) is 29.1 Å². The van der Waals surface area contributed by atoms with Gasteiger partial charge in [-0.3, -0.25) is 4.79 Å². The molecule has 0 aromatic heterocycles. The van der Waals surface area contributed by atoms with Gasteiger partial charge in [0.05, 0.1) is 5.54 Å². The molecule has 2 nitrogen and oxygen atoms in total. The monoisotopic (exact) mass is 215 g/mol. The van der Waals surface area contributed by atoms with Crippen LogP contribution < -0.4 is 5.32 Å². The number of aryl methyl sites for hydroxylation is 1. The second kappa shape index (κ2) is 3.70. The summed E-state index contributed by atoms with van der Waals surface area (Å²) in [5, 5.41) is 3.48. The standard InChI is InChI=1S/C14H17NO/c16-13-12-6-2-1-5-11(12)7-9-14(13)8-3-4-10-15-14/h1-2,5-6,15H,3-4,7-10H2. The Labute approximate surface area is 96.1 Å². The van der Waals surface area contributed by atoms with Crippen molar-refractivity contribution in [3.05, 3.63) is 35.4 Å². The fraction of sp³-hybridized carbons (Fsp3) is 0.500. The average Bonchev–Trinajstić information content (AvgIpc) is 2.36. The Bertz CT molecular complexity index is 418. The zero-order chi connectivity index (χ0) is 11.0. The molecule has 1 saturated heterocycles. The van der Waals surface area contributed by atoms with Crippen LogP contribution in [0.25, 0.3) is 0 Å². The lowest BCUT2D eigenvalue weighted by Crippen LogP contribution is -2.56. The number of nitrogens with one attached hydrogen (secondary N) is 1. The van der Waals surface area contributed by atoms with Crippen LogP contribution >= 0.6 is 0 Å². The van der Waals surface area contributed by atoms with Gasteiger partial charge in [-0.1, -0.05) is 24.3 Å². The van der Waals surface area contributed by atoms with Crippen LogP contribution in [-0.4, -0.2) is 17.9 Å². The molecule has 1 aliphatic heterocycles. The second-order valence-corrected chi connectivity index (χ2v) is 4.95. The van der Waals surface area contributed by atoms with Crippen LogP contribution in [0.15, 0.2) is 24.3 Å². The fourth-order valence-corrected chi connectivity index (χ4v) is 3.05. The SMILES string of the molecule is O=C1c2ccccc2CCC12CCCCN2. The van der Waals surface area contributed by atoms with E-state index < -0.39 is 0 Å². The minimum absolute atomic E-state index is 0.230. The van der Waals surface area contributed by atoms with Gasteiger partial charge in [0.1, 0.15) is 0 Å². The van der Waals surface area contributed by atoms with E-state index in [0.717, 1.165) is 31.4 Å². The summed E-state index contributed by atoms with van der Waals surface area (Å²) in [6.07, 6.45) is 5.41. The molecule has 1 N–H and O–H groups in total. The third-order valence-corrected chi connectivity index (χ3v) is 4.01. The molecule has 1 aromatic carbocycles. The number of hydrogen-bond donors (Lipinski definition) is 1. The molecule has 0 amide bonds. The maximum atomic E-state index is 12.5. The highest BCUT2D eigenvalue weighted by Crippen LogP contribution is 2.34. The zero-order valence-electron chi connectivity index (χ0n) is 9.46. The molecule has 1 aromatic rings. The predicted molar refractivity (Wildman–Crippen MR) is 63.7 cm³/mol. The van der Waals surface area contributed by atoms with Gasteiger partial charge in [0.2, 0.25) is 0 Å². The van der Waals surface area contributed by atoms with E-state index in [1.807, 2.05) is 18.2 Å². The summed E-state index contributed by atoms with van der Waals surface area (Å²) in [7, 11) is 0. The molecule has 2 heteroatoms. The number of Topliss-reactive ketones (excluding diaryl/α,β-unsaturated/α-hetero) is 1. The van der Waals surface area contributed by atoms with Crippen LogP contribution in [0.2, 0.25) is 0 Å². The van der Waals surface area contributed by atoms with E-state index in [4.69, 9.17) is 0 Å². The van der Waals surface area contributed by atoms with Crippen molar-refractivity contribution < 1.29 is 4.79 Å². The summed E-state index contributed by atoms with van der Waals surface area (Å²) in [6, 6.07) is 8.06. The summed E-state index contributed by atoms with van der Waals surface area (Å²) < 4.78 is 0. The van der Waals surface area contributed by atoms with E-state index in [1.54, 1.807) is 0 Å². The first-order valence-corrected chi connectivity index (χ1v) is 6.20. The Morgan fingerprint density at radius 1 is 1.12 bits per heavy atom. The van der Waals surface area contributed by atoms with Gasteiger partial charge in [0.25, 0.3) is 0 Å². The lowest BCUT2D eigenvalue weighted by Gasteiger charge is -2.40. The van der Waals surface area contributed by atoms with E-state index >= 15 is 0 Å². The normalized spacial score (nSPS) is 29.1. The fourth-order valence-electron chi connectivity index (χ4n) is 3.05. The van der Waals surface area contributed by atoms with Gasteiger partial charge < -0.3 is 5.32 Å². The van der Waals surface area contributed by atoms with Crippen molar-refractivity contribution in [1.29, 1.82) is 0 Å². The molecular formula is C14H17NO. The molecule has 1 heterocycles. The minimum Gasteiger partial charge on any atom is -0.305 e. The van der Waals surface area contributed by atoms with Crippen molar-refractivity contribution in [2.24, 2.45) is 0 Å². The smallest absolute Gasteiger partial charge is 0.183 e. The largest absolute Gasteiger partial charge is 0.305 e. The first-order valence-electron chi connectivity index (χ1n) is 6.20. The summed E-state index contributed by atoms with van der Waals surface area (Å²) in [4.78, 5) is 12.5. The Kier molecular flexibility index (Phi) is 2.32. The number of piperidine rings is 1. The van der Waals surface area contributed by atoms with Crippen LogP contribution in [0.5, 0.6) is 0 Å². The number of ketones is 1. The van der Waals surface area contributed by atoms with Crippen LogP contribution in [-0.2, 0) is 6.42 Å². The zero-order valence-corrected chi connectivity index (χ0v) is 9.46. The Hall–Kier alpha value is -1.15. The van der Waals surface area contributed by atoms with E-state index in [1.165, 1.54) is 18.4 Å². The van der Waals surface area contributed by atoms with Crippen molar-refractivity contribution in [3.8, 4) is 0 Å². The molecule has 16 heavy (non-hydrogen) atoms. The molecule has 1 atom stereocenters. The van der Waals surface area contributed by atoms with Crippen LogP contribution in [0.3, 0.4) is 0 Å². The van der Waals surface area contributed by atoms with Crippen LogP contribution in [0, 0.1) is 0 Å². The van der Waals surface area contributed by atoms with Crippen LogP contribution in [0.4, 0.5) is 0 Å². The number of fused-ring (bicyclic) bond motifs is 1. The lowest BCUT2D eigenvalue weighted by atomic mass is 9.73. The van der Waals surface area contributed by atoms with E-state index in [2.05, 4.69) is 11.4 Å². The summed E-state index contributed by atoms with van der Waals surface area (Å²) >= 11 is 0. The molecule has 84 valence electrons. The molecule has 1 unspecified atom stereocenters. The lowest BCUT2D eigenvalue weighted by molar-refractivity contribution is 0.0782. The van der Waals surface area contributed by atoms with Crippen LogP contribution in [0.1, 0.15) is 41.6 Å². The minimum atomic E-state index is -0.230. The molecule has 0 radical (unpaired) electrons. The van der Waals surface area contributed by atoms with Crippen molar-refractivity contribution in [2.75, 3.05) is 6.54 Å². The van der Waals surface area contributed by atoms with E-state index in [9.17, 15) is 4.79 Å². The van der Waals surface area contributed by atoms with Gasteiger partial charge in [0.15, 0.2) is 5.78 Å². The van der Waals surface area contributed by atoms with Crippen molar-refractivity contribution in [2.45, 2.75) is 37.6 Å². The maximum Gasteiger partial charge on any atom is 0.183 e. The van der Waals surface area contributed by atoms with Gasteiger partial charge >= 0.3 is 0 Å². The first-order chi connectivity index (χ1) is 7.82. The van der Waals surface area contributed by atoms with Crippen molar-refractivity contribution in [1.82, 2.24) is 5.32 Å². The van der Waals surface area contributed by atoms with Crippen molar-refractivity contribution in [3.63, 3.8) is 0 Å². The Balaban J connectivity index is 2.00. The Morgan fingerprint density at radius 3 is 2.81 bits per heavy atom. The molecule has 0 bridgehead atoms. The van der Waals surface area contributed by atoms with Gasteiger partial charge in [-0.05, 0) is 44.2 Å². The summed E-state index contributed by atoms with van der Waals surface area (Å²) in [5.74, 6) is 0.328. The highest BCUT2D eigenvalue weighted by atomic mass is 16.1. The molecular weight excluding hydrogens is 198 g/mol. The van der Waals surface area contributed by atoms with E-state index in [-0.39, 0.29) is 5.54 Å². The second-order valence-electron chi connectivity index (χ2n) is 4.95. The van der Waals surface area contributed by atoms with Gasteiger partial charge in [0, 0.05) is 5.56 Å². The quantitative estimate of drug-likeness (QED) is 0.719. The van der Waals surface area contributed by atoms with Gasteiger partial charge in [-0.2, -0.15) is 0 Å². The third-order valence-electron chi connectivity index (χ3n) is 4.01. The highest BCUT2D eigenvalue weighted by molar-refractivity contribution is 6.05. The number of benzene rings is 1. The molecule has 1 aliphatic carbocycles. The van der Waals surface area contributed by atoms with Gasteiger partial charge in [-0.15, -0.1) is 0 Å². The summed E-state index contributed by atoms with van der Waals surface area (Å²) in [5.41, 5.74) is 1.95. The molecule has 0 saturated carbocycles. The molecule has 1 fully saturated rings. The Morgan fingerprint density at radius 2 is 2.00 bits per heavy atom. The number of carbonyl (C=O) groups excluding carboxylic acids is 1. The summed E-state index contributed by atoms with van der Waals surface area (Å²) in [6.45, 7) is 0.994. The first kappa shape index (κ1) is 10.0. The third kappa shape index (κ3) is 1.40. The van der Waals surface area contributed by atoms with Gasteiger partial charge in [-0.25, -0.2) is 0 Å². The maximum absolute atomic E-state index is 12.5. The average molecular weight is 215 g/mol. The predicted octanol–water partition coefficient (Wildman–Crippen LogP) is 2.33. The molecule has 3 rings (SSSR count). The number of hydrogen-bond acceptors (Lipinski definition) is 2.